The maximum Gasteiger partial charge on any atom is 0.131 e. The summed E-state index contributed by atoms with van der Waals surface area (Å²) in [5.41, 5.74) is 3.51. The Kier molecular flexibility index (Phi) is 3.39. The molecule has 100 valence electrons. The number of nitriles is 1. The van der Waals surface area contributed by atoms with E-state index in [4.69, 9.17) is 10.00 Å². The number of benzene rings is 2. The van der Waals surface area contributed by atoms with Crippen molar-refractivity contribution < 1.29 is 9.13 Å². The van der Waals surface area contributed by atoms with Gasteiger partial charge in [0.05, 0.1) is 11.6 Å². The molecule has 0 aromatic heterocycles. The molecule has 2 nitrogen and oxygen atoms in total. The number of hydrogen-bond donors (Lipinski definition) is 0. The average Bonchev–Trinajstić information content (AvgIpc) is 2.93. The minimum absolute atomic E-state index is 0.177. The van der Waals surface area contributed by atoms with Gasteiger partial charge in [-0.25, -0.2) is 4.39 Å². The Labute approximate surface area is 117 Å². The maximum absolute atomic E-state index is 13.7. The van der Waals surface area contributed by atoms with Gasteiger partial charge >= 0.3 is 0 Å². The number of fused-ring (bicyclic) bond motifs is 1. The molecule has 0 amide bonds. The number of halogens is 1. The summed E-state index contributed by atoms with van der Waals surface area (Å²) < 4.78 is 19.4. The molecule has 2 aromatic rings. The van der Waals surface area contributed by atoms with Crippen LogP contribution in [0, 0.1) is 17.1 Å². The van der Waals surface area contributed by atoms with Crippen LogP contribution in [0.25, 0.3) is 0 Å². The maximum atomic E-state index is 13.7. The highest BCUT2D eigenvalue weighted by Crippen LogP contribution is 2.26. The summed E-state index contributed by atoms with van der Waals surface area (Å²) >= 11 is 0. The summed E-state index contributed by atoms with van der Waals surface area (Å²) in [5, 5.41) is 8.70. The molecule has 0 aliphatic heterocycles. The Balaban J connectivity index is 1.72. The van der Waals surface area contributed by atoms with E-state index in [1.54, 1.807) is 12.1 Å². The number of ether oxygens (including phenoxy) is 1. The molecule has 0 radical (unpaired) electrons. The van der Waals surface area contributed by atoms with Gasteiger partial charge in [0.15, 0.2) is 0 Å². The first kappa shape index (κ1) is 12.7. The van der Waals surface area contributed by atoms with Gasteiger partial charge in [-0.1, -0.05) is 12.1 Å². The zero-order valence-electron chi connectivity index (χ0n) is 11.0. The van der Waals surface area contributed by atoms with E-state index in [-0.39, 0.29) is 6.61 Å². The van der Waals surface area contributed by atoms with E-state index in [1.807, 2.05) is 18.2 Å². The first-order chi connectivity index (χ1) is 9.76. The van der Waals surface area contributed by atoms with Gasteiger partial charge in [-0.15, -0.1) is 0 Å². The van der Waals surface area contributed by atoms with Gasteiger partial charge in [0.25, 0.3) is 0 Å². The average molecular weight is 267 g/mol. The van der Waals surface area contributed by atoms with Crippen LogP contribution in [0.1, 0.15) is 28.7 Å². The largest absolute Gasteiger partial charge is 0.489 e. The van der Waals surface area contributed by atoms with Crippen molar-refractivity contribution in [2.75, 3.05) is 0 Å². The molecule has 3 heteroatoms. The Morgan fingerprint density at radius 3 is 2.75 bits per heavy atom. The number of aryl methyl sites for hydroxylation is 2. The van der Waals surface area contributed by atoms with Crippen molar-refractivity contribution in [2.24, 2.45) is 0 Å². The molecule has 0 heterocycles. The third-order valence-electron chi connectivity index (χ3n) is 3.65. The molecular weight excluding hydrogens is 253 g/mol. The lowest BCUT2D eigenvalue weighted by Gasteiger charge is -2.09. The monoisotopic (exact) mass is 267 g/mol. The van der Waals surface area contributed by atoms with Crippen molar-refractivity contribution in [1.29, 1.82) is 5.26 Å². The van der Waals surface area contributed by atoms with Gasteiger partial charge < -0.3 is 4.74 Å². The highest BCUT2D eigenvalue weighted by atomic mass is 19.1. The molecule has 1 aliphatic carbocycles. The highest BCUT2D eigenvalue weighted by molar-refractivity contribution is 5.38. The van der Waals surface area contributed by atoms with Crippen LogP contribution in [-0.2, 0) is 19.4 Å². The normalized spacial score (nSPS) is 12.8. The molecule has 0 spiro atoms. The second kappa shape index (κ2) is 5.34. The van der Waals surface area contributed by atoms with Crippen molar-refractivity contribution in [3.8, 4) is 11.8 Å². The van der Waals surface area contributed by atoms with E-state index in [1.165, 1.54) is 23.6 Å². The SMILES string of the molecule is N#Cc1ccc(COc2ccc3c(c2)CCC3)c(F)c1. The van der Waals surface area contributed by atoms with Crippen LogP contribution in [0.15, 0.2) is 36.4 Å². The predicted octanol–water partition coefficient (Wildman–Crippen LogP) is 3.77. The molecular formula is C17H14FNO. The van der Waals surface area contributed by atoms with E-state index in [0.29, 0.717) is 11.1 Å². The van der Waals surface area contributed by atoms with E-state index in [2.05, 4.69) is 6.07 Å². The Morgan fingerprint density at radius 1 is 1.10 bits per heavy atom. The zero-order chi connectivity index (χ0) is 13.9. The number of nitrogens with zero attached hydrogens (tertiary/aromatic N) is 1. The standard InChI is InChI=1S/C17H14FNO/c18-17-8-12(10-19)4-5-15(17)11-20-16-7-6-13-2-1-3-14(13)9-16/h4-9H,1-3,11H2. The minimum Gasteiger partial charge on any atom is -0.489 e. The summed E-state index contributed by atoms with van der Waals surface area (Å²) in [4.78, 5) is 0. The van der Waals surface area contributed by atoms with E-state index < -0.39 is 5.82 Å². The summed E-state index contributed by atoms with van der Waals surface area (Å²) in [6, 6.07) is 12.4. The fraction of sp³-hybridized carbons (Fsp3) is 0.235. The van der Waals surface area contributed by atoms with Gasteiger partial charge in [-0.05, 0) is 54.7 Å². The summed E-state index contributed by atoms with van der Waals surface area (Å²) in [5.74, 6) is 0.375. The van der Waals surface area contributed by atoms with Gasteiger partial charge in [0.1, 0.15) is 18.2 Å². The molecule has 0 unspecified atom stereocenters. The molecule has 3 rings (SSSR count). The topological polar surface area (TPSA) is 33.0 Å². The molecule has 2 aromatic carbocycles. The fourth-order valence-corrected chi connectivity index (χ4v) is 2.53. The van der Waals surface area contributed by atoms with Crippen molar-refractivity contribution in [3.05, 3.63) is 64.5 Å². The van der Waals surface area contributed by atoms with Gasteiger partial charge in [-0.2, -0.15) is 5.26 Å². The minimum atomic E-state index is -0.398. The molecule has 0 saturated carbocycles. The lowest BCUT2D eigenvalue weighted by atomic mass is 10.1. The van der Waals surface area contributed by atoms with Gasteiger partial charge in [0, 0.05) is 5.56 Å². The Bertz CT molecular complexity index is 688. The van der Waals surface area contributed by atoms with Crippen molar-refractivity contribution in [1.82, 2.24) is 0 Å². The van der Waals surface area contributed by atoms with Crippen LogP contribution in [-0.4, -0.2) is 0 Å². The van der Waals surface area contributed by atoms with Crippen LogP contribution in [0.4, 0.5) is 4.39 Å². The van der Waals surface area contributed by atoms with Crippen LogP contribution in [0.2, 0.25) is 0 Å². The molecule has 0 N–H and O–H groups in total. The summed E-state index contributed by atoms with van der Waals surface area (Å²) in [6.45, 7) is 0.177. The highest BCUT2D eigenvalue weighted by Gasteiger charge is 2.11. The van der Waals surface area contributed by atoms with Crippen molar-refractivity contribution in [3.63, 3.8) is 0 Å². The lowest BCUT2D eigenvalue weighted by molar-refractivity contribution is 0.299. The Morgan fingerprint density at radius 2 is 1.95 bits per heavy atom. The number of hydrogen-bond acceptors (Lipinski definition) is 2. The Hall–Kier alpha value is -2.34. The van der Waals surface area contributed by atoms with Crippen molar-refractivity contribution in [2.45, 2.75) is 25.9 Å². The molecule has 0 bridgehead atoms. The summed E-state index contributed by atoms with van der Waals surface area (Å²) in [6.07, 6.45) is 3.43. The fourth-order valence-electron chi connectivity index (χ4n) is 2.53. The van der Waals surface area contributed by atoms with Gasteiger partial charge in [-0.3, -0.25) is 0 Å². The summed E-state index contributed by atoms with van der Waals surface area (Å²) in [7, 11) is 0. The van der Waals surface area contributed by atoms with E-state index in [0.717, 1.165) is 18.6 Å². The van der Waals surface area contributed by atoms with E-state index >= 15 is 0 Å². The third kappa shape index (κ3) is 2.50. The first-order valence-corrected chi connectivity index (χ1v) is 6.69. The lowest BCUT2D eigenvalue weighted by Crippen LogP contribution is -1.99. The van der Waals surface area contributed by atoms with Crippen molar-refractivity contribution >= 4 is 0 Å². The van der Waals surface area contributed by atoms with Gasteiger partial charge in [0.2, 0.25) is 0 Å². The van der Waals surface area contributed by atoms with Crippen LogP contribution in [0.3, 0.4) is 0 Å². The second-order valence-electron chi connectivity index (χ2n) is 4.99. The third-order valence-corrected chi connectivity index (χ3v) is 3.65. The molecule has 1 aliphatic rings. The molecule has 20 heavy (non-hydrogen) atoms. The van der Waals surface area contributed by atoms with E-state index in [9.17, 15) is 4.39 Å². The second-order valence-corrected chi connectivity index (χ2v) is 4.99. The molecule has 0 atom stereocenters. The zero-order valence-corrected chi connectivity index (χ0v) is 11.0. The predicted molar refractivity (Wildman–Crippen MR) is 73.9 cm³/mol. The van der Waals surface area contributed by atoms with Crippen LogP contribution in [0.5, 0.6) is 5.75 Å². The quantitative estimate of drug-likeness (QED) is 0.848. The number of rotatable bonds is 3. The smallest absolute Gasteiger partial charge is 0.131 e. The molecule has 0 saturated heterocycles. The van der Waals surface area contributed by atoms with Crippen LogP contribution >= 0.6 is 0 Å². The first-order valence-electron chi connectivity index (χ1n) is 6.69. The van der Waals surface area contributed by atoms with Crippen LogP contribution < -0.4 is 4.74 Å². The molecule has 0 fully saturated rings.